The van der Waals surface area contributed by atoms with Crippen molar-refractivity contribution < 1.29 is 9.59 Å². The van der Waals surface area contributed by atoms with Gasteiger partial charge in [0.25, 0.3) is 5.91 Å². The first-order chi connectivity index (χ1) is 14.4. The number of hydrogen-bond donors (Lipinski definition) is 2. The van der Waals surface area contributed by atoms with Crippen LogP contribution in [0.15, 0.2) is 42.7 Å². The highest BCUT2D eigenvalue weighted by atomic mass is 16.2. The Morgan fingerprint density at radius 3 is 2.83 bits per heavy atom. The van der Waals surface area contributed by atoms with Crippen LogP contribution in [0.2, 0.25) is 0 Å². The summed E-state index contributed by atoms with van der Waals surface area (Å²) in [7, 11) is 0. The smallest absolute Gasteiger partial charge is 0.257 e. The van der Waals surface area contributed by atoms with Gasteiger partial charge in [-0.3, -0.25) is 14.5 Å². The van der Waals surface area contributed by atoms with Crippen LogP contribution in [-0.2, 0) is 11.3 Å². The van der Waals surface area contributed by atoms with Gasteiger partial charge in [-0.1, -0.05) is 18.2 Å². The summed E-state index contributed by atoms with van der Waals surface area (Å²) in [6, 6.07) is 9.37. The van der Waals surface area contributed by atoms with E-state index >= 15 is 0 Å². The Hall–Kier alpha value is -3.26. The number of carbonyl (C=O) groups is 2. The van der Waals surface area contributed by atoms with E-state index in [0.29, 0.717) is 12.1 Å². The van der Waals surface area contributed by atoms with Crippen LogP contribution in [0.4, 0.5) is 5.69 Å². The van der Waals surface area contributed by atoms with E-state index in [-0.39, 0.29) is 23.9 Å². The number of rotatable bonds is 6. The lowest BCUT2D eigenvalue weighted by atomic mass is 10.1. The molecule has 2 aromatic heterocycles. The van der Waals surface area contributed by atoms with Gasteiger partial charge in [-0.25, -0.2) is 9.67 Å². The van der Waals surface area contributed by atoms with Gasteiger partial charge in [-0.05, 0) is 50.9 Å². The van der Waals surface area contributed by atoms with E-state index in [9.17, 15) is 9.59 Å². The van der Waals surface area contributed by atoms with Gasteiger partial charge >= 0.3 is 0 Å². The molecule has 1 atom stereocenters. The quantitative estimate of drug-likeness (QED) is 0.655. The maximum absolute atomic E-state index is 12.9. The Morgan fingerprint density at radius 2 is 2.07 bits per heavy atom. The molecule has 2 amide bonds. The van der Waals surface area contributed by atoms with E-state index in [0.717, 1.165) is 41.7 Å². The van der Waals surface area contributed by atoms with Crippen molar-refractivity contribution in [3.8, 4) is 0 Å². The van der Waals surface area contributed by atoms with Crippen LogP contribution in [0.1, 0.15) is 48.7 Å². The summed E-state index contributed by atoms with van der Waals surface area (Å²) >= 11 is 0. The van der Waals surface area contributed by atoms with Crippen LogP contribution in [0, 0.1) is 0 Å². The number of para-hydroxylation sites is 1. The number of nitrogens with two attached hydrogens (primary N) is 1. The number of aromatic nitrogens is 3. The summed E-state index contributed by atoms with van der Waals surface area (Å²) in [5.74, 6) is -0.530. The van der Waals surface area contributed by atoms with Gasteiger partial charge < -0.3 is 11.1 Å². The molecule has 3 heterocycles. The molecule has 8 heteroatoms. The zero-order valence-corrected chi connectivity index (χ0v) is 17.2. The van der Waals surface area contributed by atoms with Crippen molar-refractivity contribution >= 4 is 28.5 Å². The van der Waals surface area contributed by atoms with E-state index in [1.165, 1.54) is 0 Å². The average Bonchev–Trinajstić information content (AvgIpc) is 3.35. The Morgan fingerprint density at radius 1 is 1.27 bits per heavy atom. The van der Waals surface area contributed by atoms with E-state index in [1.807, 2.05) is 42.8 Å². The molecule has 1 aromatic carbocycles. The number of nitrogens with one attached hydrogen (secondary N) is 1. The lowest BCUT2D eigenvalue weighted by molar-refractivity contribution is -0.122. The number of likely N-dealkylation sites (tertiary alicyclic amines) is 1. The molecule has 8 nitrogen and oxygen atoms in total. The van der Waals surface area contributed by atoms with Gasteiger partial charge in [0.15, 0.2) is 5.65 Å². The molecule has 3 N–H and O–H groups in total. The molecule has 0 radical (unpaired) electrons. The second-order valence-electron chi connectivity index (χ2n) is 7.96. The van der Waals surface area contributed by atoms with Gasteiger partial charge in [0, 0.05) is 29.9 Å². The molecule has 4 rings (SSSR count). The summed E-state index contributed by atoms with van der Waals surface area (Å²) in [5.41, 5.74) is 8.43. The van der Waals surface area contributed by atoms with Crippen molar-refractivity contribution in [3.63, 3.8) is 0 Å². The fourth-order valence-corrected chi connectivity index (χ4v) is 3.97. The molecule has 0 saturated carbocycles. The number of fused-ring (bicyclic) bond motifs is 1. The van der Waals surface area contributed by atoms with E-state index in [4.69, 9.17) is 5.73 Å². The third kappa shape index (κ3) is 3.91. The molecule has 156 valence electrons. The van der Waals surface area contributed by atoms with Crippen LogP contribution >= 0.6 is 0 Å². The SMILES string of the molecule is CC(C)n1ncc2cc(C(=O)Nc3ccccc3CN3CCCC3C(N)=O)cnc21. The van der Waals surface area contributed by atoms with Crippen LogP contribution < -0.4 is 11.1 Å². The Labute approximate surface area is 175 Å². The standard InChI is InChI=1S/C22H26N6O2/c1-14(2)28-21-16(12-25-28)10-17(11-24-21)22(30)26-18-7-4-3-6-15(18)13-27-9-5-8-19(27)20(23)29/h3-4,6-7,10-12,14,19H,5,8-9,13H2,1-2H3,(H2,23,29)(H,26,30). The van der Waals surface area contributed by atoms with Crippen LogP contribution in [-0.4, -0.2) is 44.1 Å². The maximum Gasteiger partial charge on any atom is 0.257 e. The highest BCUT2D eigenvalue weighted by molar-refractivity contribution is 6.06. The molecular weight excluding hydrogens is 380 g/mol. The van der Waals surface area contributed by atoms with Crippen LogP contribution in [0.5, 0.6) is 0 Å². The zero-order chi connectivity index (χ0) is 21.3. The maximum atomic E-state index is 12.9. The van der Waals surface area contributed by atoms with Crippen molar-refractivity contribution in [1.82, 2.24) is 19.7 Å². The third-order valence-electron chi connectivity index (χ3n) is 5.52. The summed E-state index contributed by atoms with van der Waals surface area (Å²) in [6.45, 7) is 5.45. The van der Waals surface area contributed by atoms with Gasteiger partial charge in [-0.2, -0.15) is 5.10 Å². The number of amides is 2. The molecule has 0 bridgehead atoms. The fourth-order valence-electron chi connectivity index (χ4n) is 3.97. The minimum absolute atomic E-state index is 0.191. The Kier molecular flexibility index (Phi) is 5.50. The number of nitrogens with zero attached hydrogens (tertiary/aromatic N) is 4. The minimum Gasteiger partial charge on any atom is -0.368 e. The Balaban J connectivity index is 1.54. The topological polar surface area (TPSA) is 106 Å². The molecule has 1 fully saturated rings. The third-order valence-corrected chi connectivity index (χ3v) is 5.52. The van der Waals surface area contributed by atoms with E-state index < -0.39 is 0 Å². The first kappa shape index (κ1) is 20.0. The predicted molar refractivity (Wildman–Crippen MR) is 115 cm³/mol. The first-order valence-electron chi connectivity index (χ1n) is 10.2. The lowest BCUT2D eigenvalue weighted by Crippen LogP contribution is -2.39. The molecule has 0 aliphatic carbocycles. The summed E-state index contributed by atoms with van der Waals surface area (Å²) in [4.78, 5) is 31.1. The van der Waals surface area contributed by atoms with Crippen LogP contribution in [0.3, 0.4) is 0 Å². The zero-order valence-electron chi connectivity index (χ0n) is 17.2. The van der Waals surface area contributed by atoms with Crippen LogP contribution in [0.25, 0.3) is 11.0 Å². The van der Waals surface area contributed by atoms with Gasteiger partial charge in [-0.15, -0.1) is 0 Å². The van der Waals surface area contributed by atoms with Crippen molar-refractivity contribution in [1.29, 1.82) is 0 Å². The molecule has 1 aliphatic rings. The number of pyridine rings is 1. The molecule has 3 aromatic rings. The number of primary amides is 1. The van der Waals surface area contributed by atoms with Gasteiger partial charge in [0.05, 0.1) is 17.8 Å². The highest BCUT2D eigenvalue weighted by Gasteiger charge is 2.29. The Bertz CT molecular complexity index is 1090. The van der Waals surface area contributed by atoms with Crippen molar-refractivity contribution in [2.75, 3.05) is 11.9 Å². The van der Waals surface area contributed by atoms with Crippen molar-refractivity contribution in [2.45, 2.75) is 45.3 Å². The number of anilines is 1. The number of carbonyl (C=O) groups excluding carboxylic acids is 2. The van der Waals surface area contributed by atoms with Gasteiger partial charge in [0.2, 0.25) is 5.91 Å². The lowest BCUT2D eigenvalue weighted by Gasteiger charge is -2.23. The van der Waals surface area contributed by atoms with Crippen molar-refractivity contribution in [3.05, 3.63) is 53.9 Å². The monoisotopic (exact) mass is 406 g/mol. The molecule has 0 spiro atoms. The predicted octanol–water partition coefficient (Wildman–Crippen LogP) is 2.71. The number of hydrogen-bond acceptors (Lipinski definition) is 5. The molecular formula is C22H26N6O2. The summed E-state index contributed by atoms with van der Waals surface area (Å²) in [6.07, 6.45) is 5.02. The average molecular weight is 406 g/mol. The fraction of sp³-hybridized carbons (Fsp3) is 0.364. The largest absolute Gasteiger partial charge is 0.368 e. The first-order valence-corrected chi connectivity index (χ1v) is 10.2. The number of benzene rings is 1. The summed E-state index contributed by atoms with van der Waals surface area (Å²) in [5, 5.41) is 8.17. The van der Waals surface area contributed by atoms with E-state index in [1.54, 1.807) is 18.5 Å². The second-order valence-corrected chi connectivity index (χ2v) is 7.96. The van der Waals surface area contributed by atoms with E-state index in [2.05, 4.69) is 20.3 Å². The molecule has 1 saturated heterocycles. The molecule has 1 unspecified atom stereocenters. The second kappa shape index (κ2) is 8.23. The van der Waals surface area contributed by atoms with Crippen molar-refractivity contribution in [2.24, 2.45) is 5.73 Å². The minimum atomic E-state index is -0.296. The normalized spacial score (nSPS) is 17.0. The molecule has 1 aliphatic heterocycles. The molecule has 30 heavy (non-hydrogen) atoms. The summed E-state index contributed by atoms with van der Waals surface area (Å²) < 4.78 is 1.83. The van der Waals surface area contributed by atoms with Gasteiger partial charge in [0.1, 0.15) is 0 Å². The highest BCUT2D eigenvalue weighted by Crippen LogP contribution is 2.24.